The number of rotatable bonds is 4. The molecule has 0 aliphatic carbocycles. The maximum absolute atomic E-state index is 13.7. The molecule has 0 radical (unpaired) electrons. The molecule has 0 amide bonds. The molecule has 0 aliphatic heterocycles. The molecular weight excluding hydrogens is 247 g/mol. The highest BCUT2D eigenvalue weighted by Crippen LogP contribution is 2.23. The molecule has 0 bridgehead atoms. The summed E-state index contributed by atoms with van der Waals surface area (Å²) in [5.74, 6) is -0.398. The van der Waals surface area contributed by atoms with Crippen molar-refractivity contribution in [3.05, 3.63) is 53.5 Å². The van der Waals surface area contributed by atoms with Gasteiger partial charge in [-0.15, -0.1) is 0 Å². The molecule has 0 spiro atoms. The normalized spacial score (nSPS) is 10.2. The average molecular weight is 260 g/mol. The van der Waals surface area contributed by atoms with E-state index < -0.39 is 5.82 Å². The lowest BCUT2D eigenvalue weighted by atomic mass is 10.0. The molecule has 1 aromatic heterocycles. The lowest BCUT2D eigenvalue weighted by molar-refractivity contribution is 0.0986. The van der Waals surface area contributed by atoms with Crippen LogP contribution in [0.2, 0.25) is 0 Å². The molecule has 0 saturated carbocycles. The maximum atomic E-state index is 13.7. The van der Waals surface area contributed by atoms with Gasteiger partial charge in [-0.05, 0) is 29.8 Å². The monoisotopic (exact) mass is 260 g/mol. The Kier molecular flexibility index (Phi) is 3.75. The molecule has 0 saturated heterocycles. The standard InChI is InChI=1S/C14H13FN2O2/c1-19-12-4-2-3-10(15)14(12)11(18)7-9-5-6-17-13(16)8-9/h2-6,8H,7H2,1H3,(H2,16,17). The number of nitrogens with two attached hydrogens (primary N) is 1. The molecule has 0 atom stereocenters. The number of Topliss-reactive ketones (excluding diaryl/α,β-unsaturated/α-hetero) is 1. The number of ether oxygens (including phenoxy) is 1. The summed E-state index contributed by atoms with van der Waals surface area (Å²) >= 11 is 0. The minimum Gasteiger partial charge on any atom is -0.496 e. The third-order valence-electron chi connectivity index (χ3n) is 2.68. The van der Waals surface area contributed by atoms with Gasteiger partial charge in [-0.3, -0.25) is 4.79 Å². The summed E-state index contributed by atoms with van der Waals surface area (Å²) in [7, 11) is 1.40. The molecule has 0 unspecified atom stereocenters. The molecule has 0 fully saturated rings. The van der Waals surface area contributed by atoms with E-state index >= 15 is 0 Å². The van der Waals surface area contributed by atoms with Crippen LogP contribution >= 0.6 is 0 Å². The Morgan fingerprint density at radius 3 is 2.89 bits per heavy atom. The number of nitrogens with zero attached hydrogens (tertiary/aromatic N) is 1. The molecule has 0 aliphatic rings. The Morgan fingerprint density at radius 1 is 1.42 bits per heavy atom. The topological polar surface area (TPSA) is 65.2 Å². The van der Waals surface area contributed by atoms with E-state index in [4.69, 9.17) is 10.5 Å². The molecule has 1 heterocycles. The molecular formula is C14H13FN2O2. The molecule has 1 aromatic carbocycles. The van der Waals surface area contributed by atoms with Gasteiger partial charge < -0.3 is 10.5 Å². The van der Waals surface area contributed by atoms with Crippen LogP contribution in [0.15, 0.2) is 36.5 Å². The van der Waals surface area contributed by atoms with Crippen molar-refractivity contribution in [2.24, 2.45) is 0 Å². The molecule has 98 valence electrons. The largest absolute Gasteiger partial charge is 0.496 e. The van der Waals surface area contributed by atoms with E-state index in [0.717, 1.165) is 0 Å². The summed E-state index contributed by atoms with van der Waals surface area (Å²) in [6, 6.07) is 7.54. The first-order valence-corrected chi connectivity index (χ1v) is 5.68. The lowest BCUT2D eigenvalue weighted by Crippen LogP contribution is -2.09. The van der Waals surface area contributed by atoms with Crippen LogP contribution in [0.4, 0.5) is 10.2 Å². The highest BCUT2D eigenvalue weighted by atomic mass is 19.1. The Bertz CT molecular complexity index is 614. The first-order chi connectivity index (χ1) is 9.11. The minimum absolute atomic E-state index is 0.0413. The van der Waals surface area contributed by atoms with E-state index in [-0.39, 0.29) is 23.5 Å². The number of aromatic nitrogens is 1. The van der Waals surface area contributed by atoms with Crippen LogP contribution < -0.4 is 10.5 Å². The second-order valence-electron chi connectivity index (χ2n) is 4.01. The number of hydrogen-bond acceptors (Lipinski definition) is 4. The maximum Gasteiger partial charge on any atom is 0.173 e. The lowest BCUT2D eigenvalue weighted by Gasteiger charge is -2.08. The number of anilines is 1. The SMILES string of the molecule is COc1cccc(F)c1C(=O)Cc1ccnc(N)c1. The Morgan fingerprint density at radius 2 is 2.21 bits per heavy atom. The van der Waals surface area contributed by atoms with Gasteiger partial charge in [-0.1, -0.05) is 6.07 Å². The van der Waals surface area contributed by atoms with Gasteiger partial charge in [0.25, 0.3) is 0 Å². The van der Waals surface area contributed by atoms with Crippen molar-refractivity contribution >= 4 is 11.6 Å². The molecule has 2 rings (SSSR count). The van der Waals surface area contributed by atoms with Crippen LogP contribution in [-0.4, -0.2) is 17.9 Å². The quantitative estimate of drug-likeness (QED) is 0.856. The zero-order valence-electron chi connectivity index (χ0n) is 10.4. The molecule has 19 heavy (non-hydrogen) atoms. The molecule has 2 N–H and O–H groups in total. The summed E-state index contributed by atoms with van der Waals surface area (Å²) in [6.07, 6.45) is 1.56. The van der Waals surface area contributed by atoms with E-state index in [0.29, 0.717) is 11.4 Å². The summed E-state index contributed by atoms with van der Waals surface area (Å²) in [4.78, 5) is 16.0. The summed E-state index contributed by atoms with van der Waals surface area (Å²) in [5, 5.41) is 0. The number of hydrogen-bond donors (Lipinski definition) is 1. The predicted octanol–water partition coefficient (Wildman–Crippen LogP) is 2.24. The fourth-order valence-corrected chi connectivity index (χ4v) is 1.82. The van der Waals surface area contributed by atoms with Gasteiger partial charge in [-0.25, -0.2) is 9.37 Å². The molecule has 4 nitrogen and oxygen atoms in total. The van der Waals surface area contributed by atoms with Crippen LogP contribution in [0.1, 0.15) is 15.9 Å². The first-order valence-electron chi connectivity index (χ1n) is 5.68. The van der Waals surface area contributed by atoms with Gasteiger partial charge in [0, 0.05) is 12.6 Å². The number of methoxy groups -OCH3 is 1. The smallest absolute Gasteiger partial charge is 0.173 e. The van der Waals surface area contributed by atoms with Crippen LogP contribution in [0.5, 0.6) is 5.75 Å². The summed E-state index contributed by atoms with van der Waals surface area (Å²) in [6.45, 7) is 0. The van der Waals surface area contributed by atoms with E-state index in [1.807, 2.05) is 0 Å². The third kappa shape index (κ3) is 2.88. The number of carbonyl (C=O) groups is 1. The Balaban J connectivity index is 2.30. The van der Waals surface area contributed by atoms with Crippen LogP contribution in [0.25, 0.3) is 0 Å². The highest BCUT2D eigenvalue weighted by molar-refractivity contribution is 6.00. The first kappa shape index (κ1) is 13.0. The van der Waals surface area contributed by atoms with Crippen LogP contribution in [0.3, 0.4) is 0 Å². The van der Waals surface area contributed by atoms with Gasteiger partial charge in [0.05, 0.1) is 12.7 Å². The Labute approximate surface area is 110 Å². The van der Waals surface area contributed by atoms with Crippen molar-refractivity contribution < 1.29 is 13.9 Å². The van der Waals surface area contributed by atoms with Crippen molar-refractivity contribution in [3.8, 4) is 5.75 Å². The van der Waals surface area contributed by atoms with E-state index in [2.05, 4.69) is 4.98 Å². The molecule has 5 heteroatoms. The van der Waals surface area contributed by atoms with Crippen LogP contribution in [0, 0.1) is 5.82 Å². The molecule has 2 aromatic rings. The van der Waals surface area contributed by atoms with Crippen LogP contribution in [-0.2, 0) is 6.42 Å². The van der Waals surface area contributed by atoms with E-state index in [1.54, 1.807) is 18.2 Å². The highest BCUT2D eigenvalue weighted by Gasteiger charge is 2.17. The second-order valence-corrected chi connectivity index (χ2v) is 4.01. The van der Waals surface area contributed by atoms with Gasteiger partial charge in [0.15, 0.2) is 5.78 Å². The number of carbonyl (C=O) groups excluding carboxylic acids is 1. The van der Waals surface area contributed by atoms with Gasteiger partial charge >= 0.3 is 0 Å². The van der Waals surface area contributed by atoms with Gasteiger partial charge in [-0.2, -0.15) is 0 Å². The zero-order valence-corrected chi connectivity index (χ0v) is 10.4. The average Bonchev–Trinajstić information content (AvgIpc) is 2.38. The summed E-state index contributed by atoms with van der Waals surface area (Å²) in [5.41, 5.74) is 6.18. The number of halogens is 1. The van der Waals surface area contributed by atoms with Gasteiger partial charge in [0.1, 0.15) is 17.4 Å². The van der Waals surface area contributed by atoms with E-state index in [1.165, 1.54) is 25.4 Å². The Hall–Kier alpha value is -2.43. The van der Waals surface area contributed by atoms with Crippen molar-refractivity contribution in [2.75, 3.05) is 12.8 Å². The van der Waals surface area contributed by atoms with Gasteiger partial charge in [0.2, 0.25) is 0 Å². The van der Waals surface area contributed by atoms with Crippen molar-refractivity contribution in [3.63, 3.8) is 0 Å². The third-order valence-corrected chi connectivity index (χ3v) is 2.68. The van der Waals surface area contributed by atoms with Crippen molar-refractivity contribution in [1.82, 2.24) is 4.98 Å². The van der Waals surface area contributed by atoms with Crippen molar-refractivity contribution in [1.29, 1.82) is 0 Å². The van der Waals surface area contributed by atoms with E-state index in [9.17, 15) is 9.18 Å². The fraction of sp³-hybridized carbons (Fsp3) is 0.143. The number of nitrogen functional groups attached to an aromatic ring is 1. The zero-order chi connectivity index (χ0) is 13.8. The minimum atomic E-state index is -0.591. The number of ketones is 1. The fourth-order valence-electron chi connectivity index (χ4n) is 1.82. The summed E-state index contributed by atoms with van der Waals surface area (Å²) < 4.78 is 18.7. The number of pyridine rings is 1. The second kappa shape index (κ2) is 5.48. The van der Waals surface area contributed by atoms with Crippen molar-refractivity contribution in [2.45, 2.75) is 6.42 Å². The number of benzene rings is 1. The predicted molar refractivity (Wildman–Crippen MR) is 69.6 cm³/mol.